The van der Waals surface area contributed by atoms with E-state index in [4.69, 9.17) is 14.2 Å². The van der Waals surface area contributed by atoms with E-state index in [2.05, 4.69) is 20.3 Å². The molecule has 0 unspecified atom stereocenters. The number of benzene rings is 3. The molecular formula is C25H21FN4O8S. The maximum atomic E-state index is 13.0. The molecule has 1 aromatic heterocycles. The molecular weight excluding hydrogens is 535 g/mol. The second-order valence-electron chi connectivity index (χ2n) is 7.67. The van der Waals surface area contributed by atoms with Gasteiger partial charge >= 0.3 is 10.9 Å². The molecule has 1 N–H and O–H groups in total. The second kappa shape index (κ2) is 12.0. The molecule has 14 heteroatoms. The van der Waals surface area contributed by atoms with Crippen LogP contribution in [0.5, 0.6) is 17.4 Å². The maximum Gasteiger partial charge on any atom is 0.415 e. The van der Waals surface area contributed by atoms with Gasteiger partial charge in [-0.15, -0.1) is 0 Å². The number of halogens is 1. The molecule has 0 saturated carbocycles. The maximum absolute atomic E-state index is 13.0. The SMILES string of the molecule is COc1cc(OCCOc2no[n+]([O-])c2S(=O)(=O)c2ccccc2)ccc1C(=O)N/N=C/c1ccc(F)cc1. The monoisotopic (exact) mass is 556 g/mol. The van der Waals surface area contributed by atoms with Crippen molar-refractivity contribution in [2.24, 2.45) is 5.10 Å². The first kappa shape index (κ1) is 27.1. The van der Waals surface area contributed by atoms with Crippen molar-refractivity contribution in [1.82, 2.24) is 10.6 Å². The molecule has 12 nitrogen and oxygen atoms in total. The minimum Gasteiger partial charge on any atom is -0.496 e. The average molecular weight is 557 g/mol. The van der Waals surface area contributed by atoms with Gasteiger partial charge in [0, 0.05) is 6.07 Å². The van der Waals surface area contributed by atoms with Crippen LogP contribution in [0.2, 0.25) is 0 Å². The topological polar surface area (TPSA) is 156 Å². The third-order valence-corrected chi connectivity index (χ3v) is 6.84. The van der Waals surface area contributed by atoms with E-state index in [1.165, 1.54) is 80.1 Å². The molecule has 0 aliphatic rings. The van der Waals surface area contributed by atoms with Crippen molar-refractivity contribution in [3.63, 3.8) is 0 Å². The fourth-order valence-electron chi connectivity index (χ4n) is 3.26. The lowest BCUT2D eigenvalue weighted by atomic mass is 10.2. The number of aromatic nitrogens is 2. The van der Waals surface area contributed by atoms with Crippen LogP contribution in [0, 0.1) is 11.0 Å². The number of hydrazone groups is 1. The van der Waals surface area contributed by atoms with Crippen molar-refractivity contribution in [2.45, 2.75) is 9.92 Å². The number of carbonyl (C=O) groups excluding carboxylic acids is 1. The van der Waals surface area contributed by atoms with Crippen LogP contribution in [-0.2, 0) is 9.84 Å². The van der Waals surface area contributed by atoms with Gasteiger partial charge in [-0.25, -0.2) is 18.2 Å². The van der Waals surface area contributed by atoms with Gasteiger partial charge in [0.15, 0.2) is 0 Å². The van der Waals surface area contributed by atoms with Gasteiger partial charge in [0.25, 0.3) is 15.7 Å². The zero-order valence-corrected chi connectivity index (χ0v) is 21.1. The van der Waals surface area contributed by atoms with E-state index in [0.717, 1.165) is 0 Å². The van der Waals surface area contributed by atoms with Gasteiger partial charge < -0.3 is 19.4 Å². The Labute approximate surface area is 221 Å². The van der Waals surface area contributed by atoms with E-state index in [0.29, 0.717) is 11.3 Å². The highest BCUT2D eigenvalue weighted by molar-refractivity contribution is 7.91. The third-order valence-electron chi connectivity index (χ3n) is 5.11. The third kappa shape index (κ3) is 6.48. The Kier molecular flexibility index (Phi) is 8.36. The van der Waals surface area contributed by atoms with Gasteiger partial charge in [-0.2, -0.15) is 5.10 Å². The Bertz CT molecular complexity index is 1580. The highest BCUT2D eigenvalue weighted by atomic mass is 32.2. The van der Waals surface area contributed by atoms with Crippen molar-refractivity contribution in [3.8, 4) is 17.4 Å². The van der Waals surface area contributed by atoms with E-state index < -0.39 is 26.7 Å². The van der Waals surface area contributed by atoms with Crippen molar-refractivity contribution < 1.29 is 41.3 Å². The van der Waals surface area contributed by atoms with Crippen LogP contribution >= 0.6 is 0 Å². The largest absolute Gasteiger partial charge is 0.496 e. The molecule has 0 radical (unpaired) electrons. The molecule has 202 valence electrons. The highest BCUT2D eigenvalue weighted by Gasteiger charge is 2.35. The van der Waals surface area contributed by atoms with Gasteiger partial charge in [0.05, 0.1) is 28.9 Å². The summed E-state index contributed by atoms with van der Waals surface area (Å²) in [5, 5.41) is 18.4. The van der Waals surface area contributed by atoms with E-state index in [9.17, 15) is 22.8 Å². The predicted molar refractivity (Wildman–Crippen MR) is 133 cm³/mol. The summed E-state index contributed by atoms with van der Waals surface area (Å²) in [5.41, 5.74) is 3.13. The Morgan fingerprint density at radius 3 is 2.54 bits per heavy atom. The van der Waals surface area contributed by atoms with Gasteiger partial charge in [-0.3, -0.25) is 9.42 Å². The lowest BCUT2D eigenvalue weighted by Gasteiger charge is -2.11. The minimum absolute atomic E-state index is 0.0762. The first-order valence-electron chi connectivity index (χ1n) is 11.2. The molecule has 1 heterocycles. The fourth-order valence-corrected chi connectivity index (χ4v) is 4.56. The number of sulfone groups is 1. The summed E-state index contributed by atoms with van der Waals surface area (Å²) < 4.78 is 59.2. The highest BCUT2D eigenvalue weighted by Crippen LogP contribution is 2.26. The van der Waals surface area contributed by atoms with Crippen molar-refractivity contribution in [3.05, 3.63) is 94.9 Å². The summed E-state index contributed by atoms with van der Waals surface area (Å²) in [6.07, 6.45) is 1.36. The molecule has 0 bridgehead atoms. The lowest BCUT2D eigenvalue weighted by molar-refractivity contribution is -0.832. The summed E-state index contributed by atoms with van der Waals surface area (Å²) in [6, 6.07) is 17.3. The van der Waals surface area contributed by atoms with E-state index in [1.807, 2.05) is 0 Å². The molecule has 1 amide bonds. The van der Waals surface area contributed by atoms with Crippen LogP contribution < -0.4 is 24.5 Å². The molecule has 4 aromatic rings. The number of amides is 1. The van der Waals surface area contributed by atoms with Gasteiger partial charge in [0.2, 0.25) is 0 Å². The van der Waals surface area contributed by atoms with Crippen LogP contribution in [-0.4, -0.2) is 46.0 Å². The zero-order chi connectivity index (χ0) is 27.8. The molecule has 0 fully saturated rings. The predicted octanol–water partition coefficient (Wildman–Crippen LogP) is 2.51. The standard InChI is InChI=1S/C25H21FN4O8S/c1-35-22-15-19(11-12-21(22)23(31)28-27-16-17-7-9-18(26)10-8-17)36-13-14-37-24-25(30(32)38-29-24)39(33,34)20-5-3-2-4-6-20/h2-12,15-16H,13-14H2,1H3,(H,28,31)/b27-16+. The number of methoxy groups -OCH3 is 1. The van der Waals surface area contributed by atoms with Gasteiger partial charge in [-0.05, 0) is 46.9 Å². The molecule has 0 aliphatic carbocycles. The molecule has 0 spiro atoms. The first-order valence-corrected chi connectivity index (χ1v) is 12.7. The number of carbonyl (C=O) groups is 1. The quantitative estimate of drug-likeness (QED) is 0.127. The van der Waals surface area contributed by atoms with E-state index in [1.54, 1.807) is 6.07 Å². The molecule has 4 rings (SSSR count). The van der Waals surface area contributed by atoms with Crippen LogP contribution in [0.15, 0.2) is 92.4 Å². The summed E-state index contributed by atoms with van der Waals surface area (Å²) in [6.45, 7) is -0.264. The first-order chi connectivity index (χ1) is 18.8. The van der Waals surface area contributed by atoms with E-state index >= 15 is 0 Å². The molecule has 0 saturated heterocycles. The number of hydrogen-bond acceptors (Lipinski definition) is 10. The van der Waals surface area contributed by atoms with Gasteiger partial charge in [-0.1, -0.05) is 30.3 Å². The summed E-state index contributed by atoms with van der Waals surface area (Å²) >= 11 is 0. The zero-order valence-electron chi connectivity index (χ0n) is 20.3. The minimum atomic E-state index is -4.24. The summed E-state index contributed by atoms with van der Waals surface area (Å²) in [4.78, 5) is 12.1. The van der Waals surface area contributed by atoms with Crippen molar-refractivity contribution in [1.29, 1.82) is 0 Å². The number of nitrogens with one attached hydrogen (secondary N) is 1. The number of nitrogens with zero attached hydrogens (tertiary/aromatic N) is 3. The fraction of sp³-hybridized carbons (Fsp3) is 0.120. The Hall–Kier alpha value is -4.98. The molecule has 39 heavy (non-hydrogen) atoms. The summed E-state index contributed by atoms with van der Waals surface area (Å²) in [5.74, 6) is -0.933. The Morgan fingerprint density at radius 1 is 1.10 bits per heavy atom. The molecule has 0 atom stereocenters. The number of hydrogen-bond donors (Lipinski definition) is 1. The smallest absolute Gasteiger partial charge is 0.415 e. The number of rotatable bonds is 11. The second-order valence-corrected chi connectivity index (χ2v) is 9.53. The van der Waals surface area contributed by atoms with Crippen molar-refractivity contribution in [2.75, 3.05) is 20.3 Å². The normalized spacial score (nSPS) is 11.3. The Balaban J connectivity index is 1.35. The van der Waals surface area contributed by atoms with Gasteiger partial charge in [0.1, 0.15) is 30.5 Å². The lowest BCUT2D eigenvalue weighted by Crippen LogP contribution is -2.31. The van der Waals surface area contributed by atoms with Crippen LogP contribution in [0.1, 0.15) is 15.9 Å². The average Bonchev–Trinajstić information content (AvgIpc) is 3.33. The van der Waals surface area contributed by atoms with E-state index in [-0.39, 0.29) is 40.1 Å². The molecule has 3 aromatic carbocycles. The number of ether oxygens (including phenoxy) is 3. The van der Waals surface area contributed by atoms with Crippen LogP contribution in [0.25, 0.3) is 0 Å². The Morgan fingerprint density at radius 2 is 1.82 bits per heavy atom. The van der Waals surface area contributed by atoms with Crippen LogP contribution in [0.4, 0.5) is 4.39 Å². The van der Waals surface area contributed by atoms with Crippen LogP contribution in [0.3, 0.4) is 0 Å². The summed E-state index contributed by atoms with van der Waals surface area (Å²) in [7, 11) is -2.87. The molecule has 0 aliphatic heterocycles. The van der Waals surface area contributed by atoms with Crippen molar-refractivity contribution >= 4 is 22.0 Å².